The third kappa shape index (κ3) is 4.00. The predicted molar refractivity (Wildman–Crippen MR) is 102 cm³/mol. The van der Waals surface area contributed by atoms with Crippen LogP contribution in [0.4, 0.5) is 9.52 Å². The molecule has 0 fully saturated rings. The van der Waals surface area contributed by atoms with Gasteiger partial charge in [-0.15, -0.1) is 0 Å². The van der Waals surface area contributed by atoms with Crippen LogP contribution in [0.5, 0.6) is 5.75 Å². The number of hydrogen-bond acceptors (Lipinski definition) is 4. The molecule has 1 N–H and O–H groups in total. The van der Waals surface area contributed by atoms with Crippen molar-refractivity contribution < 1.29 is 18.8 Å². The second-order valence-electron chi connectivity index (χ2n) is 6.25. The fourth-order valence-corrected chi connectivity index (χ4v) is 3.55. The van der Waals surface area contributed by atoms with Crippen LogP contribution >= 0.6 is 11.3 Å². The Hall–Kier alpha value is -2.51. The van der Waals surface area contributed by atoms with Gasteiger partial charge in [-0.25, -0.2) is 9.37 Å². The number of rotatable bonds is 6. The number of methoxy groups -OCH3 is 1. The number of nitrogens with zero attached hydrogens (tertiary/aromatic N) is 2. The lowest BCUT2D eigenvalue weighted by molar-refractivity contribution is -0.856. The molecule has 0 radical (unpaired) electrons. The molecule has 136 valence electrons. The number of anilines is 1. The smallest absolute Gasteiger partial charge is 0.260 e. The van der Waals surface area contributed by atoms with Crippen LogP contribution in [0.1, 0.15) is 10.4 Å². The van der Waals surface area contributed by atoms with Gasteiger partial charge in [-0.3, -0.25) is 9.69 Å². The highest BCUT2D eigenvalue weighted by atomic mass is 32.1. The maximum Gasteiger partial charge on any atom is 0.260 e. The van der Waals surface area contributed by atoms with Gasteiger partial charge >= 0.3 is 0 Å². The topological polar surface area (TPSA) is 46.9 Å². The van der Waals surface area contributed by atoms with Gasteiger partial charge in [0, 0.05) is 5.56 Å². The number of fused-ring (bicyclic) bond motifs is 1. The van der Waals surface area contributed by atoms with Gasteiger partial charge in [-0.2, -0.15) is 0 Å². The summed E-state index contributed by atoms with van der Waals surface area (Å²) in [4.78, 5) is 20.5. The Labute approximate surface area is 155 Å². The average molecular weight is 374 g/mol. The van der Waals surface area contributed by atoms with Crippen LogP contribution in [0.15, 0.2) is 42.5 Å². The molecule has 0 atom stereocenters. The Balaban J connectivity index is 1.98. The van der Waals surface area contributed by atoms with E-state index in [9.17, 15) is 9.18 Å². The third-order valence-corrected chi connectivity index (χ3v) is 5.01. The number of benzene rings is 2. The molecule has 1 amide bonds. The molecule has 26 heavy (non-hydrogen) atoms. The van der Waals surface area contributed by atoms with E-state index in [-0.39, 0.29) is 11.7 Å². The minimum absolute atomic E-state index is 0.148. The highest BCUT2D eigenvalue weighted by molar-refractivity contribution is 7.22. The molecular formula is C19H21FN3O2S+. The van der Waals surface area contributed by atoms with E-state index in [1.165, 1.54) is 28.4 Å². The van der Waals surface area contributed by atoms with Crippen LogP contribution in [-0.2, 0) is 0 Å². The van der Waals surface area contributed by atoms with Crippen LogP contribution < -0.4 is 14.5 Å². The predicted octanol–water partition coefficient (Wildman–Crippen LogP) is 2.24. The number of thiazole rings is 1. The number of amides is 1. The Morgan fingerprint density at radius 2 is 2.08 bits per heavy atom. The number of quaternary nitrogens is 1. The zero-order valence-corrected chi connectivity index (χ0v) is 15.8. The highest BCUT2D eigenvalue weighted by Gasteiger charge is 2.22. The van der Waals surface area contributed by atoms with E-state index in [0.717, 1.165) is 11.2 Å². The summed E-state index contributed by atoms with van der Waals surface area (Å²) in [5.74, 6) is 0.168. The van der Waals surface area contributed by atoms with Gasteiger partial charge in [-0.1, -0.05) is 17.4 Å². The largest absolute Gasteiger partial charge is 0.497 e. The lowest BCUT2D eigenvalue weighted by Gasteiger charge is -2.21. The molecule has 0 saturated carbocycles. The standard InChI is InChI=1S/C19H20FN3O2S/c1-22(2)9-10-23(18(24)13-5-4-6-15(11-13)25-3)19-21-16-8-7-14(20)12-17(16)26-19/h4-8,11-12H,9-10H2,1-3H3/p+1. The molecular weight excluding hydrogens is 353 g/mol. The summed E-state index contributed by atoms with van der Waals surface area (Å²) in [5.41, 5.74) is 1.22. The Bertz CT molecular complexity index is 926. The molecule has 0 aliphatic heterocycles. The summed E-state index contributed by atoms with van der Waals surface area (Å²) >= 11 is 1.32. The molecule has 0 saturated heterocycles. The number of carbonyl (C=O) groups excluding carboxylic acids is 1. The number of nitrogens with one attached hydrogen (secondary N) is 1. The van der Waals surface area contributed by atoms with Crippen LogP contribution in [0.25, 0.3) is 10.2 Å². The van der Waals surface area contributed by atoms with Crippen molar-refractivity contribution in [2.75, 3.05) is 39.2 Å². The number of hydrogen-bond donors (Lipinski definition) is 1. The SMILES string of the molecule is COc1cccc(C(=O)N(CC[NH+](C)C)c2nc3ccc(F)cc3s2)c1. The van der Waals surface area contributed by atoms with Crippen molar-refractivity contribution in [1.82, 2.24) is 4.98 Å². The van der Waals surface area contributed by atoms with Crippen LogP contribution in [0, 0.1) is 5.82 Å². The van der Waals surface area contributed by atoms with Gasteiger partial charge in [0.15, 0.2) is 5.13 Å². The zero-order chi connectivity index (χ0) is 18.7. The highest BCUT2D eigenvalue weighted by Crippen LogP contribution is 2.30. The summed E-state index contributed by atoms with van der Waals surface area (Å²) < 4.78 is 19.4. The fourth-order valence-electron chi connectivity index (χ4n) is 2.53. The van der Waals surface area contributed by atoms with Crippen molar-refractivity contribution in [2.45, 2.75) is 0 Å². The van der Waals surface area contributed by atoms with E-state index in [4.69, 9.17) is 4.74 Å². The van der Waals surface area contributed by atoms with Gasteiger partial charge in [0.2, 0.25) is 0 Å². The number of halogens is 1. The normalized spacial score (nSPS) is 11.1. The molecule has 3 aromatic rings. The molecule has 0 aliphatic rings. The fraction of sp³-hybridized carbons (Fsp3) is 0.263. The minimum Gasteiger partial charge on any atom is -0.497 e. The van der Waals surface area contributed by atoms with Crippen molar-refractivity contribution in [3.63, 3.8) is 0 Å². The molecule has 5 nitrogen and oxygen atoms in total. The Kier molecular flexibility index (Phi) is 5.49. The first-order chi connectivity index (χ1) is 12.5. The number of carbonyl (C=O) groups is 1. The van der Waals surface area contributed by atoms with Gasteiger partial charge in [-0.05, 0) is 36.4 Å². The molecule has 0 unspecified atom stereocenters. The first-order valence-corrected chi connectivity index (χ1v) is 9.10. The quantitative estimate of drug-likeness (QED) is 0.720. The van der Waals surface area contributed by atoms with E-state index in [2.05, 4.69) is 4.98 Å². The third-order valence-electron chi connectivity index (χ3n) is 3.97. The van der Waals surface area contributed by atoms with E-state index >= 15 is 0 Å². The molecule has 1 heterocycles. The summed E-state index contributed by atoms with van der Waals surface area (Å²) in [6.45, 7) is 1.28. The Morgan fingerprint density at radius 3 is 2.81 bits per heavy atom. The summed E-state index contributed by atoms with van der Waals surface area (Å²) in [5, 5.41) is 0.569. The van der Waals surface area contributed by atoms with Crippen LogP contribution in [0.3, 0.4) is 0 Å². The van der Waals surface area contributed by atoms with E-state index in [0.29, 0.717) is 28.5 Å². The van der Waals surface area contributed by atoms with Crippen LogP contribution in [-0.4, -0.2) is 45.2 Å². The van der Waals surface area contributed by atoms with Crippen molar-refractivity contribution >= 4 is 32.6 Å². The lowest BCUT2D eigenvalue weighted by Crippen LogP contribution is -3.06. The van der Waals surface area contributed by atoms with Crippen molar-refractivity contribution in [1.29, 1.82) is 0 Å². The molecule has 3 rings (SSSR count). The number of ether oxygens (including phenoxy) is 1. The first kappa shape index (κ1) is 18.3. The summed E-state index contributed by atoms with van der Waals surface area (Å²) in [6.07, 6.45) is 0. The van der Waals surface area contributed by atoms with Gasteiger partial charge in [0.05, 0.1) is 44.5 Å². The van der Waals surface area contributed by atoms with E-state index in [1.54, 1.807) is 42.3 Å². The average Bonchev–Trinajstić information content (AvgIpc) is 3.04. The zero-order valence-electron chi connectivity index (χ0n) is 15.0. The minimum atomic E-state index is -0.309. The maximum atomic E-state index is 13.5. The second-order valence-corrected chi connectivity index (χ2v) is 7.26. The Morgan fingerprint density at radius 1 is 1.27 bits per heavy atom. The maximum absolute atomic E-state index is 13.5. The second kappa shape index (κ2) is 7.80. The van der Waals surface area contributed by atoms with Crippen molar-refractivity contribution in [3.05, 3.63) is 53.8 Å². The lowest BCUT2D eigenvalue weighted by atomic mass is 10.2. The van der Waals surface area contributed by atoms with Crippen molar-refractivity contribution in [2.24, 2.45) is 0 Å². The number of aromatic nitrogens is 1. The van der Waals surface area contributed by atoms with Crippen LogP contribution in [0.2, 0.25) is 0 Å². The number of likely N-dealkylation sites (N-methyl/N-ethyl adjacent to an activating group) is 1. The molecule has 0 spiro atoms. The van der Waals surface area contributed by atoms with Gasteiger partial charge in [0.1, 0.15) is 11.6 Å². The van der Waals surface area contributed by atoms with E-state index in [1.807, 2.05) is 14.1 Å². The summed E-state index contributed by atoms with van der Waals surface area (Å²) in [7, 11) is 5.63. The van der Waals surface area contributed by atoms with Gasteiger partial charge < -0.3 is 9.64 Å². The first-order valence-electron chi connectivity index (χ1n) is 8.29. The van der Waals surface area contributed by atoms with E-state index < -0.39 is 0 Å². The molecule has 2 aromatic carbocycles. The molecule has 0 aliphatic carbocycles. The molecule has 1 aromatic heterocycles. The van der Waals surface area contributed by atoms with Gasteiger partial charge in [0.25, 0.3) is 5.91 Å². The molecule has 0 bridgehead atoms. The molecule has 7 heteroatoms. The van der Waals surface area contributed by atoms with Crippen molar-refractivity contribution in [3.8, 4) is 5.75 Å². The summed E-state index contributed by atoms with van der Waals surface area (Å²) in [6, 6.07) is 11.5. The monoisotopic (exact) mass is 374 g/mol.